The first-order valence-electron chi connectivity index (χ1n) is 11.3. The van der Waals surface area contributed by atoms with Crippen LogP contribution in [0.4, 0.5) is 5.69 Å². The van der Waals surface area contributed by atoms with E-state index in [1.54, 1.807) is 12.1 Å². The number of benzene rings is 3. The number of anilines is 1. The number of rotatable bonds is 5. The number of carbonyl (C=O) groups is 1. The maximum Gasteiger partial charge on any atom is 0.244 e. The van der Waals surface area contributed by atoms with Crippen LogP contribution < -0.4 is 5.32 Å². The van der Waals surface area contributed by atoms with Gasteiger partial charge in [0.15, 0.2) is 0 Å². The van der Waals surface area contributed by atoms with Crippen molar-refractivity contribution in [3.8, 4) is 17.5 Å². The molecule has 0 spiro atoms. The molecule has 9 heteroatoms. The molecule has 1 aliphatic heterocycles. The van der Waals surface area contributed by atoms with Crippen molar-refractivity contribution in [3.63, 3.8) is 0 Å². The normalized spacial score (nSPS) is 15.1. The number of nitrogens with one attached hydrogen (secondary N) is 2. The van der Waals surface area contributed by atoms with Gasteiger partial charge >= 0.3 is 0 Å². The second-order valence-corrected chi connectivity index (χ2v) is 10.4. The highest BCUT2D eigenvalue weighted by Gasteiger charge is 2.33. The molecule has 1 amide bonds. The van der Waals surface area contributed by atoms with Crippen molar-refractivity contribution < 1.29 is 13.2 Å². The zero-order valence-corrected chi connectivity index (χ0v) is 19.6. The molecule has 0 radical (unpaired) electrons. The van der Waals surface area contributed by atoms with Gasteiger partial charge in [0.1, 0.15) is 11.9 Å². The Balaban J connectivity index is 1.21. The minimum Gasteiger partial charge on any atom is -0.338 e. The molecule has 1 aliphatic rings. The zero-order chi connectivity index (χ0) is 24.4. The van der Waals surface area contributed by atoms with E-state index in [9.17, 15) is 18.5 Å². The van der Waals surface area contributed by atoms with E-state index in [1.807, 2.05) is 54.6 Å². The first kappa shape index (κ1) is 22.8. The fraction of sp³-hybridized carbons (Fsp3) is 0.192. The number of sulfonamides is 1. The van der Waals surface area contributed by atoms with Gasteiger partial charge in [-0.1, -0.05) is 24.3 Å². The fourth-order valence-electron chi connectivity index (χ4n) is 4.33. The van der Waals surface area contributed by atoms with Crippen LogP contribution in [-0.2, 0) is 14.8 Å². The molecular weight excluding hydrogens is 462 g/mol. The number of amides is 1. The number of nitriles is 1. The van der Waals surface area contributed by atoms with E-state index in [1.165, 1.54) is 16.4 Å². The van der Waals surface area contributed by atoms with E-state index < -0.39 is 10.0 Å². The first-order chi connectivity index (χ1) is 17.0. The quantitative estimate of drug-likeness (QED) is 0.440. The van der Waals surface area contributed by atoms with Crippen molar-refractivity contribution in [1.29, 1.82) is 5.26 Å². The van der Waals surface area contributed by atoms with Crippen molar-refractivity contribution in [1.82, 2.24) is 14.3 Å². The average molecular weight is 486 g/mol. The number of fused-ring (bicyclic) bond motifs is 1. The lowest BCUT2D eigenvalue weighted by molar-refractivity contribution is -0.120. The van der Waals surface area contributed by atoms with Gasteiger partial charge in [0.2, 0.25) is 15.9 Å². The molecule has 1 aromatic heterocycles. The number of para-hydroxylation sites is 2. The van der Waals surface area contributed by atoms with Crippen molar-refractivity contribution in [2.45, 2.75) is 17.7 Å². The SMILES string of the molecule is N#Cc1ccccc1S(=O)(=O)N1CCC(C(=O)Nc2ccc(-c3nc4ccccc4[nH]3)cc2)CC1. The maximum absolute atomic E-state index is 13.0. The van der Waals surface area contributed by atoms with E-state index in [0.717, 1.165) is 22.4 Å². The summed E-state index contributed by atoms with van der Waals surface area (Å²) in [6, 6.07) is 23.4. The molecular formula is C26H23N5O3S. The van der Waals surface area contributed by atoms with Gasteiger partial charge in [0, 0.05) is 30.3 Å². The molecule has 8 nitrogen and oxygen atoms in total. The number of hydrogen-bond donors (Lipinski definition) is 2. The predicted octanol–water partition coefficient (Wildman–Crippen LogP) is 4.14. The number of aromatic amines is 1. The lowest BCUT2D eigenvalue weighted by Crippen LogP contribution is -2.41. The van der Waals surface area contributed by atoms with Crippen LogP contribution in [0.3, 0.4) is 0 Å². The van der Waals surface area contributed by atoms with Crippen molar-refractivity contribution >= 4 is 32.7 Å². The molecule has 0 saturated carbocycles. The molecule has 1 fully saturated rings. The highest BCUT2D eigenvalue weighted by atomic mass is 32.2. The van der Waals surface area contributed by atoms with E-state index in [4.69, 9.17) is 0 Å². The summed E-state index contributed by atoms with van der Waals surface area (Å²) in [6.07, 6.45) is 0.827. The van der Waals surface area contributed by atoms with Crippen molar-refractivity contribution in [2.75, 3.05) is 18.4 Å². The fourth-order valence-corrected chi connectivity index (χ4v) is 5.94. The second kappa shape index (κ2) is 9.33. The van der Waals surface area contributed by atoms with Crippen LogP contribution in [0.2, 0.25) is 0 Å². The van der Waals surface area contributed by atoms with Crippen molar-refractivity contribution in [2.24, 2.45) is 5.92 Å². The average Bonchev–Trinajstić information content (AvgIpc) is 3.33. The van der Waals surface area contributed by atoms with Gasteiger partial charge in [0.05, 0.1) is 21.5 Å². The predicted molar refractivity (Wildman–Crippen MR) is 133 cm³/mol. The van der Waals surface area contributed by atoms with Crippen LogP contribution in [0.1, 0.15) is 18.4 Å². The number of hydrogen-bond acceptors (Lipinski definition) is 5. The highest BCUT2D eigenvalue weighted by molar-refractivity contribution is 7.89. The Labute approximate surface area is 203 Å². The number of H-pyrrole nitrogens is 1. The highest BCUT2D eigenvalue weighted by Crippen LogP contribution is 2.27. The Bertz CT molecular complexity index is 1500. The summed E-state index contributed by atoms with van der Waals surface area (Å²) >= 11 is 0. The molecule has 0 bridgehead atoms. The van der Waals surface area contributed by atoms with Crippen LogP contribution in [0.25, 0.3) is 22.4 Å². The van der Waals surface area contributed by atoms with Crippen molar-refractivity contribution in [3.05, 3.63) is 78.4 Å². The third-order valence-electron chi connectivity index (χ3n) is 6.27. The molecule has 176 valence electrons. The van der Waals surface area contributed by atoms with Crippen LogP contribution in [0, 0.1) is 17.2 Å². The molecule has 4 aromatic rings. The molecule has 2 heterocycles. The van der Waals surface area contributed by atoms with Gasteiger partial charge in [-0.2, -0.15) is 9.57 Å². The Morgan fingerprint density at radius 3 is 2.40 bits per heavy atom. The topological polar surface area (TPSA) is 119 Å². The molecule has 0 unspecified atom stereocenters. The van der Waals surface area contributed by atoms with E-state index in [2.05, 4.69) is 15.3 Å². The standard InChI is InChI=1S/C26H23N5O3S/c27-17-20-5-1-4-8-24(20)35(33,34)31-15-13-19(14-16-31)26(32)28-21-11-9-18(10-12-21)25-29-22-6-2-3-7-23(22)30-25/h1-12,19H,13-16H2,(H,28,32)(H,29,30). The summed E-state index contributed by atoms with van der Waals surface area (Å²) in [6.45, 7) is 0.455. The van der Waals surface area contributed by atoms with Gasteiger partial charge in [0.25, 0.3) is 0 Å². The summed E-state index contributed by atoms with van der Waals surface area (Å²) in [7, 11) is -3.78. The first-order valence-corrected chi connectivity index (χ1v) is 12.7. The number of imidazole rings is 1. The molecule has 35 heavy (non-hydrogen) atoms. The van der Waals surface area contributed by atoms with E-state index in [0.29, 0.717) is 18.5 Å². The van der Waals surface area contributed by atoms with Crippen LogP contribution >= 0.6 is 0 Å². The van der Waals surface area contributed by atoms with Gasteiger partial charge in [-0.3, -0.25) is 4.79 Å². The Morgan fingerprint density at radius 1 is 1.00 bits per heavy atom. The minimum atomic E-state index is -3.78. The maximum atomic E-state index is 13.0. The lowest BCUT2D eigenvalue weighted by Gasteiger charge is -2.30. The van der Waals surface area contributed by atoms with Gasteiger partial charge < -0.3 is 10.3 Å². The minimum absolute atomic E-state index is 0.00921. The van der Waals surface area contributed by atoms with Crippen LogP contribution in [-0.4, -0.2) is 41.7 Å². The van der Waals surface area contributed by atoms with E-state index in [-0.39, 0.29) is 35.4 Å². The molecule has 0 aliphatic carbocycles. The number of nitrogens with zero attached hydrogens (tertiary/aromatic N) is 3. The number of aromatic nitrogens is 2. The second-order valence-electron chi connectivity index (χ2n) is 8.46. The Morgan fingerprint density at radius 2 is 1.69 bits per heavy atom. The summed E-state index contributed by atoms with van der Waals surface area (Å²) < 4.78 is 27.4. The van der Waals surface area contributed by atoms with Gasteiger partial charge in [-0.05, 0) is 61.4 Å². The Kier molecular flexibility index (Phi) is 6.07. The third kappa shape index (κ3) is 4.54. The smallest absolute Gasteiger partial charge is 0.244 e. The molecule has 2 N–H and O–H groups in total. The van der Waals surface area contributed by atoms with Gasteiger partial charge in [-0.15, -0.1) is 0 Å². The zero-order valence-electron chi connectivity index (χ0n) is 18.8. The van der Waals surface area contributed by atoms with Gasteiger partial charge in [-0.25, -0.2) is 13.4 Å². The summed E-state index contributed by atoms with van der Waals surface area (Å²) in [4.78, 5) is 20.7. The molecule has 3 aromatic carbocycles. The molecule has 5 rings (SSSR count). The largest absolute Gasteiger partial charge is 0.338 e. The van der Waals surface area contributed by atoms with Crippen LogP contribution in [0.15, 0.2) is 77.7 Å². The third-order valence-corrected chi connectivity index (χ3v) is 8.22. The summed E-state index contributed by atoms with van der Waals surface area (Å²) in [5, 5.41) is 12.2. The number of piperidine rings is 1. The Hall–Kier alpha value is -4.00. The summed E-state index contributed by atoms with van der Waals surface area (Å²) in [5.41, 5.74) is 3.57. The summed E-state index contributed by atoms with van der Waals surface area (Å²) in [5.74, 6) is 0.342. The number of carbonyl (C=O) groups excluding carboxylic acids is 1. The molecule has 1 saturated heterocycles. The lowest BCUT2D eigenvalue weighted by atomic mass is 9.97. The monoisotopic (exact) mass is 485 g/mol. The van der Waals surface area contributed by atoms with E-state index >= 15 is 0 Å². The van der Waals surface area contributed by atoms with Crippen LogP contribution in [0.5, 0.6) is 0 Å². The molecule has 0 atom stereocenters.